The van der Waals surface area contributed by atoms with Gasteiger partial charge in [0.05, 0.1) is 18.1 Å². The van der Waals surface area contributed by atoms with Gasteiger partial charge in [-0.1, -0.05) is 6.07 Å². The van der Waals surface area contributed by atoms with Gasteiger partial charge in [0.25, 0.3) is 5.91 Å². The summed E-state index contributed by atoms with van der Waals surface area (Å²) in [7, 11) is 0. The molecule has 0 saturated carbocycles. The molecular weight excluding hydrogens is 380 g/mol. The number of thiophene rings is 1. The van der Waals surface area contributed by atoms with E-state index in [1.54, 1.807) is 15.9 Å². The van der Waals surface area contributed by atoms with Crippen molar-refractivity contribution in [3.8, 4) is 0 Å². The molecule has 4 amide bonds. The van der Waals surface area contributed by atoms with Crippen molar-refractivity contribution in [3.05, 3.63) is 22.4 Å². The third-order valence-corrected chi connectivity index (χ3v) is 6.12. The lowest BCUT2D eigenvalue weighted by Crippen LogP contribution is -2.56. The Balaban J connectivity index is 1.68. The highest BCUT2D eigenvalue weighted by Gasteiger charge is 2.36. The number of likely N-dealkylation sites (tertiary alicyclic amines) is 1. The molecule has 2 saturated heterocycles. The van der Waals surface area contributed by atoms with E-state index in [9.17, 15) is 14.4 Å². The quantitative estimate of drug-likeness (QED) is 0.765. The van der Waals surface area contributed by atoms with Crippen LogP contribution in [0.2, 0.25) is 0 Å². The van der Waals surface area contributed by atoms with Gasteiger partial charge in [0.1, 0.15) is 6.04 Å². The van der Waals surface area contributed by atoms with Crippen LogP contribution in [-0.2, 0) is 9.53 Å². The minimum Gasteiger partial charge on any atom is -0.378 e. The molecule has 154 valence electrons. The molecule has 1 aromatic rings. The largest absolute Gasteiger partial charge is 0.378 e. The molecule has 0 radical (unpaired) electrons. The summed E-state index contributed by atoms with van der Waals surface area (Å²) in [5, 5.41) is 7.64. The molecule has 0 spiro atoms. The molecule has 1 aromatic heterocycles. The Morgan fingerprint density at radius 1 is 1.18 bits per heavy atom. The van der Waals surface area contributed by atoms with E-state index in [1.807, 2.05) is 18.4 Å². The lowest BCUT2D eigenvalue weighted by molar-refractivity contribution is -0.139. The number of carbonyl (C=O) groups is 3. The van der Waals surface area contributed by atoms with Crippen molar-refractivity contribution in [2.45, 2.75) is 25.8 Å². The topological polar surface area (TPSA) is 91.0 Å². The van der Waals surface area contributed by atoms with Gasteiger partial charge in [-0.2, -0.15) is 0 Å². The van der Waals surface area contributed by atoms with E-state index in [-0.39, 0.29) is 23.8 Å². The van der Waals surface area contributed by atoms with Crippen molar-refractivity contribution in [2.75, 3.05) is 45.9 Å². The van der Waals surface area contributed by atoms with Gasteiger partial charge in [-0.15, -0.1) is 11.3 Å². The standard InChI is InChI=1S/C19H28N4O4S/c1-2-20-19(26)23-7-5-14(6-8-23)16(18(25)22-9-11-27-12-10-22)21-17(24)15-4-3-13-28-15/h3-4,13-14,16H,2,5-12H2,1H3,(H,20,26)(H,21,24). The maximum absolute atomic E-state index is 13.2. The van der Waals surface area contributed by atoms with Crippen LogP contribution in [0, 0.1) is 5.92 Å². The molecule has 0 aliphatic carbocycles. The molecule has 1 unspecified atom stereocenters. The highest BCUT2D eigenvalue weighted by molar-refractivity contribution is 7.12. The zero-order chi connectivity index (χ0) is 19.9. The SMILES string of the molecule is CCNC(=O)N1CCC(C(NC(=O)c2cccs2)C(=O)N2CCOCC2)CC1. The van der Waals surface area contributed by atoms with E-state index in [2.05, 4.69) is 10.6 Å². The van der Waals surface area contributed by atoms with Crippen LogP contribution < -0.4 is 10.6 Å². The lowest BCUT2D eigenvalue weighted by atomic mass is 9.88. The summed E-state index contributed by atoms with van der Waals surface area (Å²) in [6, 6.07) is 2.93. The first-order valence-electron chi connectivity index (χ1n) is 9.83. The van der Waals surface area contributed by atoms with Crippen molar-refractivity contribution in [1.82, 2.24) is 20.4 Å². The second kappa shape index (κ2) is 9.88. The molecule has 3 heterocycles. The van der Waals surface area contributed by atoms with Crippen molar-refractivity contribution in [1.29, 1.82) is 0 Å². The van der Waals surface area contributed by atoms with Gasteiger partial charge in [0, 0.05) is 32.7 Å². The second-order valence-electron chi connectivity index (χ2n) is 7.03. The van der Waals surface area contributed by atoms with E-state index in [0.717, 1.165) is 0 Å². The monoisotopic (exact) mass is 408 g/mol. The highest BCUT2D eigenvalue weighted by Crippen LogP contribution is 2.23. The van der Waals surface area contributed by atoms with Crippen LogP contribution in [0.25, 0.3) is 0 Å². The van der Waals surface area contributed by atoms with Crippen molar-refractivity contribution in [3.63, 3.8) is 0 Å². The first-order valence-corrected chi connectivity index (χ1v) is 10.7. The summed E-state index contributed by atoms with van der Waals surface area (Å²) in [6.45, 7) is 5.77. The van der Waals surface area contributed by atoms with Crippen molar-refractivity contribution >= 4 is 29.2 Å². The fourth-order valence-corrected chi connectivity index (χ4v) is 4.31. The van der Waals surface area contributed by atoms with Gasteiger partial charge in [-0.3, -0.25) is 9.59 Å². The van der Waals surface area contributed by atoms with Gasteiger partial charge in [0.2, 0.25) is 5.91 Å². The molecule has 28 heavy (non-hydrogen) atoms. The molecule has 2 aliphatic heterocycles. The average Bonchev–Trinajstić information content (AvgIpc) is 3.27. The van der Waals surface area contributed by atoms with E-state index in [1.165, 1.54) is 11.3 Å². The zero-order valence-corrected chi connectivity index (χ0v) is 17.0. The number of urea groups is 1. The summed E-state index contributed by atoms with van der Waals surface area (Å²) in [4.78, 5) is 42.0. The van der Waals surface area contributed by atoms with Gasteiger partial charge in [-0.25, -0.2) is 4.79 Å². The Kier molecular flexibility index (Phi) is 7.27. The normalized spacial score (nSPS) is 19.2. The third-order valence-electron chi connectivity index (χ3n) is 5.25. The van der Waals surface area contributed by atoms with Gasteiger partial charge < -0.3 is 25.2 Å². The molecule has 2 fully saturated rings. The Morgan fingerprint density at radius 2 is 1.89 bits per heavy atom. The summed E-state index contributed by atoms with van der Waals surface area (Å²) in [6.07, 6.45) is 1.37. The first kappa shape index (κ1) is 20.6. The summed E-state index contributed by atoms with van der Waals surface area (Å²) in [5.41, 5.74) is 0. The van der Waals surface area contributed by atoms with E-state index in [0.29, 0.717) is 63.7 Å². The van der Waals surface area contributed by atoms with E-state index in [4.69, 9.17) is 4.74 Å². The van der Waals surface area contributed by atoms with Gasteiger partial charge in [-0.05, 0) is 37.1 Å². The van der Waals surface area contributed by atoms with Gasteiger partial charge >= 0.3 is 6.03 Å². The molecule has 0 bridgehead atoms. The molecule has 9 heteroatoms. The number of ether oxygens (including phenoxy) is 1. The maximum Gasteiger partial charge on any atom is 0.317 e. The fraction of sp³-hybridized carbons (Fsp3) is 0.632. The fourth-order valence-electron chi connectivity index (χ4n) is 3.68. The van der Waals surface area contributed by atoms with Gasteiger partial charge in [0.15, 0.2) is 0 Å². The Labute approximate surface area is 169 Å². The number of nitrogens with one attached hydrogen (secondary N) is 2. The number of hydrogen-bond acceptors (Lipinski definition) is 5. The van der Waals surface area contributed by atoms with Crippen LogP contribution in [-0.4, -0.2) is 79.6 Å². The smallest absolute Gasteiger partial charge is 0.317 e. The Hall–Kier alpha value is -2.13. The lowest BCUT2D eigenvalue weighted by Gasteiger charge is -2.38. The minimum absolute atomic E-state index is 0.00457. The summed E-state index contributed by atoms with van der Waals surface area (Å²) in [5.74, 6) is -0.262. The number of carbonyl (C=O) groups excluding carboxylic acids is 3. The molecule has 3 rings (SSSR count). The van der Waals surface area contributed by atoms with Crippen LogP contribution in [0.3, 0.4) is 0 Å². The van der Waals surface area contributed by atoms with Crippen LogP contribution in [0.1, 0.15) is 29.4 Å². The van der Waals surface area contributed by atoms with E-state index >= 15 is 0 Å². The van der Waals surface area contributed by atoms with E-state index < -0.39 is 6.04 Å². The van der Waals surface area contributed by atoms with Crippen molar-refractivity contribution < 1.29 is 19.1 Å². The van der Waals surface area contributed by atoms with Crippen LogP contribution in [0.15, 0.2) is 17.5 Å². The highest BCUT2D eigenvalue weighted by atomic mass is 32.1. The number of hydrogen-bond donors (Lipinski definition) is 2. The number of amides is 4. The number of piperidine rings is 1. The number of rotatable bonds is 5. The number of morpholine rings is 1. The molecule has 2 aliphatic rings. The summed E-state index contributed by atoms with van der Waals surface area (Å²) < 4.78 is 5.35. The average molecular weight is 409 g/mol. The van der Waals surface area contributed by atoms with Crippen LogP contribution >= 0.6 is 11.3 Å². The van der Waals surface area contributed by atoms with Crippen molar-refractivity contribution in [2.24, 2.45) is 5.92 Å². The zero-order valence-electron chi connectivity index (χ0n) is 16.2. The molecule has 8 nitrogen and oxygen atoms in total. The minimum atomic E-state index is -0.580. The van der Waals surface area contributed by atoms with Crippen LogP contribution in [0.5, 0.6) is 0 Å². The third kappa shape index (κ3) is 5.02. The Morgan fingerprint density at radius 3 is 2.50 bits per heavy atom. The molecule has 0 aromatic carbocycles. The summed E-state index contributed by atoms with van der Waals surface area (Å²) >= 11 is 1.36. The second-order valence-corrected chi connectivity index (χ2v) is 7.97. The number of nitrogens with zero attached hydrogens (tertiary/aromatic N) is 2. The predicted octanol–water partition coefficient (Wildman–Crippen LogP) is 1.15. The maximum atomic E-state index is 13.2. The van der Waals surface area contributed by atoms with Crippen LogP contribution in [0.4, 0.5) is 4.79 Å². The molecule has 2 N–H and O–H groups in total. The molecule has 1 atom stereocenters. The Bertz CT molecular complexity index is 667. The predicted molar refractivity (Wildman–Crippen MR) is 106 cm³/mol. The first-order chi connectivity index (χ1) is 13.6. The molecular formula is C19H28N4O4S.